The predicted molar refractivity (Wildman–Crippen MR) is 109 cm³/mol. The fourth-order valence-corrected chi connectivity index (χ4v) is 6.57. The van der Waals surface area contributed by atoms with Crippen LogP contribution in [0.4, 0.5) is 39.5 Å². The highest BCUT2D eigenvalue weighted by Gasteiger charge is 2.85. The molecule has 2 aliphatic heterocycles. The lowest BCUT2D eigenvalue weighted by atomic mass is 9.96. The molecule has 1 aromatic rings. The number of β-lactam (4-membered cyclic amide) rings is 1. The van der Waals surface area contributed by atoms with E-state index in [4.69, 9.17) is 4.74 Å². The summed E-state index contributed by atoms with van der Waals surface area (Å²) in [5, 5.41) is -8.45. The number of rotatable bonds is 8. The standard InChI is InChI=1S/C19H17F9N2O5S2/c1-15(2)11(14(32)35-8-9-6-4-3-5-7-9)30-12(31)10(13(30)36-15)29-37(33,34)19(27,28)17(22,23)16(20,21)18(24,25)26/h3-7,10-11,13,29H,8H2,1-2H3/t10-,11-,13+/m0/s1. The van der Waals surface area contributed by atoms with Gasteiger partial charge in [0.1, 0.15) is 24.1 Å². The number of fused-ring (bicyclic) bond motifs is 1. The molecule has 208 valence electrons. The van der Waals surface area contributed by atoms with Crippen molar-refractivity contribution in [2.24, 2.45) is 0 Å². The Morgan fingerprint density at radius 1 is 1.03 bits per heavy atom. The van der Waals surface area contributed by atoms with Gasteiger partial charge in [-0.15, -0.1) is 11.8 Å². The molecule has 37 heavy (non-hydrogen) atoms. The Kier molecular flexibility index (Phi) is 7.08. The summed E-state index contributed by atoms with van der Waals surface area (Å²) in [6.45, 7) is 2.57. The first kappa shape index (κ1) is 29.3. The Balaban J connectivity index is 1.80. The maximum Gasteiger partial charge on any atom is 0.460 e. The van der Waals surface area contributed by atoms with Crippen LogP contribution >= 0.6 is 11.8 Å². The number of carbonyl (C=O) groups excluding carboxylic acids is 2. The molecular weight excluding hydrogens is 571 g/mol. The van der Waals surface area contributed by atoms with E-state index in [9.17, 15) is 57.5 Å². The van der Waals surface area contributed by atoms with Crippen LogP contribution in [0.5, 0.6) is 0 Å². The fourth-order valence-electron chi connectivity index (χ4n) is 3.68. The van der Waals surface area contributed by atoms with Crippen molar-refractivity contribution in [2.45, 2.75) is 65.9 Å². The molecule has 1 amide bonds. The van der Waals surface area contributed by atoms with Crippen molar-refractivity contribution in [3.05, 3.63) is 35.9 Å². The Hall–Kier alpha value is -2.21. The van der Waals surface area contributed by atoms with Gasteiger partial charge in [-0.3, -0.25) is 4.79 Å². The molecule has 1 N–H and O–H groups in total. The molecule has 1 aromatic carbocycles. The predicted octanol–water partition coefficient (Wildman–Crippen LogP) is 3.51. The van der Waals surface area contributed by atoms with E-state index in [-0.39, 0.29) is 6.61 Å². The van der Waals surface area contributed by atoms with Gasteiger partial charge in [0.05, 0.1) is 0 Å². The minimum absolute atomic E-state index is 0.228. The number of hydrogen-bond donors (Lipinski definition) is 1. The van der Waals surface area contributed by atoms with Crippen LogP contribution in [0.1, 0.15) is 19.4 Å². The topological polar surface area (TPSA) is 92.8 Å². The third-order valence-electron chi connectivity index (χ3n) is 5.62. The van der Waals surface area contributed by atoms with Gasteiger partial charge in [-0.25, -0.2) is 13.2 Å². The molecule has 3 rings (SSSR count). The number of ether oxygens (including phenoxy) is 1. The van der Waals surface area contributed by atoms with Crippen LogP contribution in [-0.4, -0.2) is 70.7 Å². The number of benzene rings is 1. The average molecular weight is 588 g/mol. The molecule has 3 atom stereocenters. The highest BCUT2D eigenvalue weighted by molar-refractivity contribution is 8.01. The molecule has 2 saturated heterocycles. The van der Waals surface area contributed by atoms with E-state index in [2.05, 4.69) is 0 Å². The highest BCUT2D eigenvalue weighted by atomic mass is 32.2. The first-order chi connectivity index (χ1) is 16.6. The lowest BCUT2D eigenvalue weighted by molar-refractivity contribution is -0.382. The van der Waals surface area contributed by atoms with Gasteiger partial charge < -0.3 is 9.64 Å². The molecule has 7 nitrogen and oxygen atoms in total. The van der Waals surface area contributed by atoms with Gasteiger partial charge in [0, 0.05) is 4.75 Å². The first-order valence-electron chi connectivity index (χ1n) is 10.0. The second kappa shape index (κ2) is 8.93. The Labute approximate surface area is 207 Å². The van der Waals surface area contributed by atoms with Crippen LogP contribution in [0.15, 0.2) is 30.3 Å². The van der Waals surface area contributed by atoms with Gasteiger partial charge in [0.2, 0.25) is 5.91 Å². The summed E-state index contributed by atoms with van der Waals surface area (Å²) >= 11 is 0.673. The summed E-state index contributed by atoms with van der Waals surface area (Å²) < 4.78 is 147. The number of carbonyl (C=O) groups is 2. The van der Waals surface area contributed by atoms with Crippen LogP contribution < -0.4 is 4.72 Å². The number of nitrogens with one attached hydrogen (secondary N) is 1. The number of thioether (sulfide) groups is 1. The molecule has 2 heterocycles. The molecule has 0 saturated carbocycles. The number of halogens is 9. The third kappa shape index (κ3) is 4.53. The third-order valence-corrected chi connectivity index (χ3v) is 8.69. The zero-order valence-corrected chi connectivity index (χ0v) is 20.2. The van der Waals surface area contributed by atoms with Crippen molar-refractivity contribution in [1.82, 2.24) is 9.62 Å². The molecule has 18 heteroatoms. The number of sulfonamides is 1. The highest BCUT2D eigenvalue weighted by Crippen LogP contribution is 2.55. The van der Waals surface area contributed by atoms with Gasteiger partial charge in [0.15, 0.2) is 0 Å². The molecular formula is C19H17F9N2O5S2. The molecule has 0 unspecified atom stereocenters. The molecule has 0 spiro atoms. The number of amides is 1. The van der Waals surface area contributed by atoms with Gasteiger partial charge in [-0.2, -0.15) is 44.2 Å². The van der Waals surface area contributed by atoms with E-state index in [0.717, 1.165) is 9.62 Å². The number of hydrogen-bond acceptors (Lipinski definition) is 6. The zero-order valence-electron chi connectivity index (χ0n) is 18.5. The summed E-state index contributed by atoms with van der Waals surface area (Å²) in [7, 11) is -7.00. The molecule has 2 fully saturated rings. The van der Waals surface area contributed by atoms with Crippen molar-refractivity contribution in [3.63, 3.8) is 0 Å². The monoisotopic (exact) mass is 588 g/mol. The summed E-state index contributed by atoms with van der Waals surface area (Å²) in [5.41, 5.74) is 0.565. The molecule has 0 radical (unpaired) electrons. The van der Waals surface area contributed by atoms with E-state index in [0.29, 0.717) is 17.3 Å². The minimum atomic E-state index is -7.44. The van der Waals surface area contributed by atoms with Gasteiger partial charge in [0.25, 0.3) is 10.0 Å². The van der Waals surface area contributed by atoms with Crippen LogP contribution in [0.25, 0.3) is 0 Å². The molecule has 0 aliphatic carbocycles. The quantitative estimate of drug-likeness (QED) is 0.284. The Morgan fingerprint density at radius 2 is 1.57 bits per heavy atom. The average Bonchev–Trinajstić information content (AvgIpc) is 3.03. The van der Waals surface area contributed by atoms with Crippen molar-refractivity contribution in [3.8, 4) is 0 Å². The van der Waals surface area contributed by atoms with Gasteiger partial charge >= 0.3 is 29.2 Å². The maximum atomic E-state index is 14.0. The second-order valence-corrected chi connectivity index (χ2v) is 12.1. The van der Waals surface area contributed by atoms with Crippen LogP contribution in [0.3, 0.4) is 0 Å². The molecule has 2 aliphatic rings. The van der Waals surface area contributed by atoms with Gasteiger partial charge in [-0.1, -0.05) is 30.3 Å². The van der Waals surface area contributed by atoms with Crippen molar-refractivity contribution in [2.75, 3.05) is 0 Å². The van der Waals surface area contributed by atoms with E-state index >= 15 is 0 Å². The number of nitrogens with zero attached hydrogens (tertiary/aromatic N) is 1. The normalized spacial score (nSPS) is 24.5. The van der Waals surface area contributed by atoms with E-state index in [1.165, 1.54) is 13.8 Å². The van der Waals surface area contributed by atoms with Crippen LogP contribution in [0, 0.1) is 0 Å². The SMILES string of the molecule is CC1(C)S[C@@H]2[C@@H](NS(=O)(=O)C(F)(F)C(F)(F)C(F)(F)C(F)(F)F)C(=O)N2[C@H]1C(=O)OCc1ccccc1. The maximum absolute atomic E-state index is 14.0. The molecule has 0 aromatic heterocycles. The minimum Gasteiger partial charge on any atom is -0.459 e. The van der Waals surface area contributed by atoms with E-state index in [1.807, 2.05) is 0 Å². The van der Waals surface area contributed by atoms with E-state index in [1.54, 1.807) is 30.3 Å². The van der Waals surface area contributed by atoms with Crippen molar-refractivity contribution < 1.29 is 62.3 Å². The Morgan fingerprint density at radius 3 is 2.08 bits per heavy atom. The number of esters is 1. The summed E-state index contributed by atoms with van der Waals surface area (Å²) in [5.74, 6) is -17.2. The van der Waals surface area contributed by atoms with Crippen LogP contribution in [-0.2, 0) is 31.0 Å². The lowest BCUT2D eigenvalue weighted by Crippen LogP contribution is -2.73. The van der Waals surface area contributed by atoms with Crippen LogP contribution in [0.2, 0.25) is 0 Å². The summed E-state index contributed by atoms with van der Waals surface area (Å²) in [6, 6.07) is 4.56. The first-order valence-corrected chi connectivity index (χ1v) is 12.4. The zero-order chi connectivity index (χ0) is 28.4. The van der Waals surface area contributed by atoms with E-state index < -0.39 is 67.4 Å². The number of alkyl halides is 9. The smallest absolute Gasteiger partial charge is 0.459 e. The summed E-state index contributed by atoms with van der Waals surface area (Å²) in [6.07, 6.45) is -7.23. The molecule has 0 bridgehead atoms. The Bertz CT molecular complexity index is 1180. The van der Waals surface area contributed by atoms with Crippen molar-refractivity contribution in [1.29, 1.82) is 0 Å². The lowest BCUT2D eigenvalue weighted by Gasteiger charge is -2.44. The largest absolute Gasteiger partial charge is 0.460 e. The fraction of sp³-hybridized carbons (Fsp3) is 0.579. The van der Waals surface area contributed by atoms with Crippen molar-refractivity contribution >= 4 is 33.7 Å². The second-order valence-electron chi connectivity index (χ2n) is 8.62. The summed E-state index contributed by atoms with van der Waals surface area (Å²) in [4.78, 5) is 26.0. The van der Waals surface area contributed by atoms with Gasteiger partial charge in [-0.05, 0) is 19.4 Å².